The second kappa shape index (κ2) is 7.99. The molecule has 5 nitrogen and oxygen atoms in total. The van der Waals surface area contributed by atoms with Crippen LogP contribution in [0.5, 0.6) is 0 Å². The summed E-state index contributed by atoms with van der Waals surface area (Å²) in [6, 6.07) is 3.29. The van der Waals surface area contributed by atoms with Gasteiger partial charge in [-0.15, -0.1) is 0 Å². The van der Waals surface area contributed by atoms with Gasteiger partial charge in [-0.1, -0.05) is 39.3 Å². The van der Waals surface area contributed by atoms with Gasteiger partial charge in [-0.3, -0.25) is 14.1 Å². The van der Waals surface area contributed by atoms with Crippen LogP contribution in [0.15, 0.2) is 18.3 Å². The Kier molecular flexibility index (Phi) is 6.96. The summed E-state index contributed by atoms with van der Waals surface area (Å²) >= 11 is 5.77. The number of aromatic nitrogens is 1. The summed E-state index contributed by atoms with van der Waals surface area (Å²) in [7, 11) is -3.42. The van der Waals surface area contributed by atoms with Gasteiger partial charge in [0.25, 0.3) is 0 Å². The molecular weight excluding hydrogens is 299 g/mol. The average molecular weight is 321 g/mol. The fourth-order valence-corrected chi connectivity index (χ4v) is 2.90. The number of nitrogens with zero attached hydrogens (tertiary/aromatic N) is 1. The second-order valence-corrected chi connectivity index (χ2v) is 7.52. The van der Waals surface area contributed by atoms with Crippen LogP contribution in [0.1, 0.15) is 27.7 Å². The number of halogens is 1. The van der Waals surface area contributed by atoms with E-state index in [1.807, 2.05) is 27.7 Å². The molecule has 1 heterocycles. The lowest BCUT2D eigenvalue weighted by Gasteiger charge is -2.21. The maximum Gasteiger partial charge on any atom is 0.433 e. The second-order valence-electron chi connectivity index (χ2n) is 5.35. The van der Waals surface area contributed by atoms with Crippen LogP contribution >= 0.6 is 19.3 Å². The molecule has 0 bridgehead atoms. The Labute approximate surface area is 125 Å². The van der Waals surface area contributed by atoms with Gasteiger partial charge in [0.05, 0.1) is 18.2 Å². The van der Waals surface area contributed by atoms with E-state index in [2.05, 4.69) is 10.1 Å². The number of nitrogens with one attached hydrogen (secondary N) is 1. The first-order valence-corrected chi connectivity index (χ1v) is 8.52. The van der Waals surface area contributed by atoms with Gasteiger partial charge in [0.2, 0.25) is 0 Å². The molecule has 1 aromatic rings. The highest BCUT2D eigenvalue weighted by Gasteiger charge is 2.26. The van der Waals surface area contributed by atoms with Crippen LogP contribution in [0.25, 0.3) is 0 Å². The van der Waals surface area contributed by atoms with Crippen molar-refractivity contribution >= 4 is 25.2 Å². The van der Waals surface area contributed by atoms with Crippen LogP contribution in [0.2, 0.25) is 5.02 Å². The Hall–Kier alpha value is -0.610. The monoisotopic (exact) mass is 320 g/mol. The molecule has 0 unspecified atom stereocenters. The third kappa shape index (κ3) is 6.71. The minimum atomic E-state index is -3.42. The van der Waals surface area contributed by atoms with Gasteiger partial charge in [0.1, 0.15) is 5.82 Å². The molecule has 0 saturated heterocycles. The predicted molar refractivity (Wildman–Crippen MR) is 82.1 cm³/mol. The minimum Gasteiger partial charge on any atom is -0.292 e. The third-order valence-electron chi connectivity index (χ3n) is 2.13. The van der Waals surface area contributed by atoms with Crippen LogP contribution in [0.4, 0.5) is 5.82 Å². The Bertz CT molecular complexity index is 435. The lowest BCUT2D eigenvalue weighted by Crippen LogP contribution is -2.12. The van der Waals surface area contributed by atoms with Crippen LogP contribution < -0.4 is 5.09 Å². The van der Waals surface area contributed by atoms with Crippen LogP contribution in [0.3, 0.4) is 0 Å². The van der Waals surface area contributed by atoms with Gasteiger partial charge in [0.15, 0.2) is 0 Å². The lowest BCUT2D eigenvalue weighted by atomic mass is 10.2. The minimum absolute atomic E-state index is 0.256. The van der Waals surface area contributed by atoms with Crippen molar-refractivity contribution in [2.24, 2.45) is 11.8 Å². The summed E-state index contributed by atoms with van der Waals surface area (Å²) < 4.78 is 23.5. The summed E-state index contributed by atoms with van der Waals surface area (Å²) in [5, 5.41) is 3.25. The standard InChI is InChI=1S/C13H22ClN2O3P/c1-10(2)8-18-20(17,19-9-11(3)4)16-13-6-5-12(14)7-15-13/h5-7,10-11H,8-9H2,1-4H3,(H,15,16,17). The summed E-state index contributed by atoms with van der Waals surface area (Å²) in [5.41, 5.74) is 0. The first-order chi connectivity index (χ1) is 9.31. The van der Waals surface area contributed by atoms with Crippen LogP contribution in [0, 0.1) is 11.8 Å². The highest BCUT2D eigenvalue weighted by molar-refractivity contribution is 7.55. The summed E-state index contributed by atoms with van der Waals surface area (Å²) in [4.78, 5) is 4.04. The Morgan fingerprint density at radius 3 is 2.15 bits per heavy atom. The molecule has 0 aliphatic rings. The van der Waals surface area contributed by atoms with Crippen molar-refractivity contribution in [1.29, 1.82) is 0 Å². The smallest absolute Gasteiger partial charge is 0.292 e. The number of rotatable bonds is 8. The van der Waals surface area contributed by atoms with E-state index in [4.69, 9.17) is 20.6 Å². The Morgan fingerprint density at radius 2 is 1.75 bits per heavy atom. The van der Waals surface area contributed by atoms with Crippen LogP contribution in [-0.2, 0) is 13.6 Å². The number of hydrogen-bond donors (Lipinski definition) is 1. The van der Waals surface area contributed by atoms with Gasteiger partial charge in [-0.2, -0.15) is 0 Å². The van der Waals surface area contributed by atoms with E-state index < -0.39 is 7.75 Å². The molecular formula is C13H22ClN2O3P. The first-order valence-electron chi connectivity index (χ1n) is 6.59. The molecule has 0 atom stereocenters. The zero-order chi connectivity index (χ0) is 15.2. The molecule has 0 aliphatic carbocycles. The molecule has 1 rings (SSSR count). The van der Waals surface area contributed by atoms with Crippen molar-refractivity contribution in [1.82, 2.24) is 4.98 Å². The number of hydrogen-bond acceptors (Lipinski definition) is 4. The number of pyridine rings is 1. The molecule has 20 heavy (non-hydrogen) atoms. The highest BCUT2D eigenvalue weighted by atomic mass is 35.5. The predicted octanol–water partition coefficient (Wildman–Crippen LogP) is 4.60. The molecule has 0 spiro atoms. The van der Waals surface area contributed by atoms with Crippen molar-refractivity contribution in [2.75, 3.05) is 18.3 Å². The third-order valence-corrected chi connectivity index (χ3v) is 3.84. The van der Waals surface area contributed by atoms with Gasteiger partial charge >= 0.3 is 7.75 Å². The van der Waals surface area contributed by atoms with Crippen molar-refractivity contribution in [3.05, 3.63) is 23.4 Å². The topological polar surface area (TPSA) is 60.5 Å². The fraction of sp³-hybridized carbons (Fsp3) is 0.615. The average Bonchev–Trinajstić information content (AvgIpc) is 2.37. The van der Waals surface area contributed by atoms with Crippen LogP contribution in [-0.4, -0.2) is 18.2 Å². The normalized spacial score (nSPS) is 12.2. The molecule has 0 radical (unpaired) electrons. The molecule has 114 valence electrons. The van der Waals surface area contributed by atoms with E-state index in [1.54, 1.807) is 12.1 Å². The maximum absolute atomic E-state index is 12.6. The van der Waals surface area contributed by atoms with Gasteiger partial charge in [-0.25, -0.2) is 9.55 Å². The van der Waals surface area contributed by atoms with Crippen molar-refractivity contribution < 1.29 is 13.6 Å². The molecule has 0 fully saturated rings. The Balaban J connectivity index is 2.75. The van der Waals surface area contributed by atoms with Crippen molar-refractivity contribution in [3.8, 4) is 0 Å². The molecule has 1 aromatic heterocycles. The van der Waals surface area contributed by atoms with Gasteiger partial charge < -0.3 is 0 Å². The zero-order valence-corrected chi connectivity index (χ0v) is 13.9. The van der Waals surface area contributed by atoms with Gasteiger partial charge in [0, 0.05) is 6.20 Å². The highest BCUT2D eigenvalue weighted by Crippen LogP contribution is 2.48. The summed E-state index contributed by atoms with van der Waals surface area (Å²) in [5.74, 6) is 0.919. The van der Waals surface area contributed by atoms with E-state index in [1.165, 1.54) is 6.20 Å². The SMILES string of the molecule is CC(C)COP(=O)(Nc1ccc(Cl)cn1)OCC(C)C. The molecule has 1 N–H and O–H groups in total. The molecule has 0 saturated carbocycles. The van der Waals surface area contributed by atoms with Crippen molar-refractivity contribution in [3.63, 3.8) is 0 Å². The summed E-state index contributed by atoms with van der Waals surface area (Å²) in [6.45, 7) is 8.60. The zero-order valence-electron chi connectivity index (χ0n) is 12.3. The molecule has 0 aromatic carbocycles. The quantitative estimate of drug-likeness (QED) is 0.709. The van der Waals surface area contributed by atoms with Gasteiger partial charge in [-0.05, 0) is 24.0 Å². The van der Waals surface area contributed by atoms with Crippen molar-refractivity contribution in [2.45, 2.75) is 27.7 Å². The van der Waals surface area contributed by atoms with E-state index in [9.17, 15) is 4.57 Å². The first kappa shape index (κ1) is 17.4. The molecule has 0 aliphatic heterocycles. The van der Waals surface area contributed by atoms with E-state index in [0.717, 1.165) is 0 Å². The maximum atomic E-state index is 12.6. The Morgan fingerprint density at radius 1 is 1.20 bits per heavy atom. The largest absolute Gasteiger partial charge is 0.433 e. The van der Waals surface area contributed by atoms with E-state index in [0.29, 0.717) is 24.1 Å². The molecule has 0 amide bonds. The molecule has 7 heteroatoms. The van der Waals surface area contributed by atoms with E-state index in [-0.39, 0.29) is 11.8 Å². The number of anilines is 1. The fourth-order valence-electron chi connectivity index (χ4n) is 1.18. The van der Waals surface area contributed by atoms with E-state index >= 15 is 0 Å². The lowest BCUT2D eigenvalue weighted by molar-refractivity contribution is 0.177. The summed E-state index contributed by atoms with van der Waals surface area (Å²) in [6.07, 6.45) is 1.47.